The molecule has 4 nitrogen and oxygen atoms in total. The first kappa shape index (κ1) is 13.7. The highest BCUT2D eigenvalue weighted by Crippen LogP contribution is 2.14. The Hall–Kier alpha value is -1.68. The summed E-state index contributed by atoms with van der Waals surface area (Å²) in [7, 11) is 0. The second kappa shape index (κ2) is 5.97. The molecule has 0 spiro atoms. The van der Waals surface area contributed by atoms with Gasteiger partial charge in [-0.25, -0.2) is 9.67 Å². The van der Waals surface area contributed by atoms with Crippen LogP contribution in [0.5, 0.6) is 0 Å². The number of hydrogen-bond donors (Lipinski definition) is 1. The van der Waals surface area contributed by atoms with E-state index in [9.17, 15) is 0 Å². The van der Waals surface area contributed by atoms with Crippen LogP contribution in [0.2, 0.25) is 0 Å². The Labute approximate surface area is 114 Å². The zero-order valence-electron chi connectivity index (χ0n) is 12.1. The van der Waals surface area contributed by atoms with Crippen molar-refractivity contribution < 1.29 is 0 Å². The van der Waals surface area contributed by atoms with E-state index < -0.39 is 0 Å². The number of nitrogens with zero attached hydrogens (tertiary/aromatic N) is 3. The van der Waals surface area contributed by atoms with E-state index in [-0.39, 0.29) is 0 Å². The van der Waals surface area contributed by atoms with Crippen molar-refractivity contribution in [2.75, 3.05) is 0 Å². The first-order valence-electron chi connectivity index (χ1n) is 6.76. The summed E-state index contributed by atoms with van der Waals surface area (Å²) < 4.78 is 1.95. The van der Waals surface area contributed by atoms with Gasteiger partial charge in [0.05, 0.1) is 6.54 Å². The number of hydrogen-bond acceptors (Lipinski definition) is 3. The van der Waals surface area contributed by atoms with Crippen LogP contribution in [0.1, 0.15) is 49.8 Å². The smallest absolute Gasteiger partial charge is 0.141 e. The fraction of sp³-hybridized carbons (Fsp3) is 0.467. The summed E-state index contributed by atoms with van der Waals surface area (Å²) in [6, 6.07) is 9.26. The van der Waals surface area contributed by atoms with Crippen molar-refractivity contribution in [3.63, 3.8) is 0 Å². The molecule has 2 aromatic rings. The molecule has 1 N–H and O–H groups in total. The molecule has 0 saturated carbocycles. The van der Waals surface area contributed by atoms with Gasteiger partial charge in [0.15, 0.2) is 0 Å². The SMILES string of the molecule is Cc1ccc([C@H](C)NCc2ncnn2C(C)C)cc1. The van der Waals surface area contributed by atoms with Gasteiger partial charge in [0.2, 0.25) is 0 Å². The average molecular weight is 258 g/mol. The van der Waals surface area contributed by atoms with Crippen molar-refractivity contribution in [1.29, 1.82) is 0 Å². The molecule has 1 atom stereocenters. The van der Waals surface area contributed by atoms with Crippen molar-refractivity contribution in [2.24, 2.45) is 0 Å². The molecule has 0 aliphatic heterocycles. The lowest BCUT2D eigenvalue weighted by Crippen LogP contribution is -2.21. The van der Waals surface area contributed by atoms with Gasteiger partial charge in [-0.2, -0.15) is 5.10 Å². The minimum Gasteiger partial charge on any atom is -0.303 e. The maximum atomic E-state index is 4.31. The van der Waals surface area contributed by atoms with Crippen LogP contribution in [0.4, 0.5) is 0 Å². The van der Waals surface area contributed by atoms with Gasteiger partial charge in [-0.3, -0.25) is 0 Å². The molecule has 19 heavy (non-hydrogen) atoms. The van der Waals surface area contributed by atoms with E-state index in [1.807, 2.05) is 4.68 Å². The number of aromatic nitrogens is 3. The lowest BCUT2D eigenvalue weighted by atomic mass is 10.1. The van der Waals surface area contributed by atoms with Crippen molar-refractivity contribution in [1.82, 2.24) is 20.1 Å². The average Bonchev–Trinajstić information content (AvgIpc) is 2.85. The van der Waals surface area contributed by atoms with Crippen LogP contribution in [-0.2, 0) is 6.54 Å². The highest BCUT2D eigenvalue weighted by atomic mass is 15.4. The van der Waals surface area contributed by atoms with Crippen LogP contribution in [0.15, 0.2) is 30.6 Å². The molecule has 0 fully saturated rings. The third kappa shape index (κ3) is 3.41. The zero-order chi connectivity index (χ0) is 13.8. The maximum absolute atomic E-state index is 4.31. The topological polar surface area (TPSA) is 42.7 Å². The highest BCUT2D eigenvalue weighted by Gasteiger charge is 2.10. The van der Waals surface area contributed by atoms with Crippen LogP contribution < -0.4 is 5.32 Å². The van der Waals surface area contributed by atoms with E-state index in [0.717, 1.165) is 12.4 Å². The summed E-state index contributed by atoms with van der Waals surface area (Å²) in [5.74, 6) is 0.981. The number of nitrogens with one attached hydrogen (secondary N) is 1. The molecule has 0 bridgehead atoms. The lowest BCUT2D eigenvalue weighted by Gasteiger charge is -2.15. The van der Waals surface area contributed by atoms with E-state index in [4.69, 9.17) is 0 Å². The molecule has 2 rings (SSSR count). The van der Waals surface area contributed by atoms with Crippen LogP contribution in [0.3, 0.4) is 0 Å². The highest BCUT2D eigenvalue weighted by molar-refractivity contribution is 5.23. The number of aryl methyl sites for hydroxylation is 1. The molecule has 1 heterocycles. The molecule has 0 saturated heterocycles. The summed E-state index contributed by atoms with van der Waals surface area (Å²) in [5, 5.41) is 7.74. The number of benzene rings is 1. The molecular formula is C15H22N4. The molecule has 0 unspecified atom stereocenters. The van der Waals surface area contributed by atoms with Crippen molar-refractivity contribution in [3.8, 4) is 0 Å². The lowest BCUT2D eigenvalue weighted by molar-refractivity contribution is 0.473. The standard InChI is InChI=1S/C15H22N4/c1-11(2)19-15(17-10-18-19)9-16-13(4)14-7-5-12(3)6-8-14/h5-8,10-11,13,16H,9H2,1-4H3/t13-/m0/s1. The predicted molar refractivity (Wildman–Crippen MR) is 76.8 cm³/mol. The van der Waals surface area contributed by atoms with E-state index in [1.165, 1.54) is 11.1 Å². The molecule has 1 aromatic carbocycles. The van der Waals surface area contributed by atoms with E-state index >= 15 is 0 Å². The molecule has 0 aliphatic carbocycles. The summed E-state index contributed by atoms with van der Waals surface area (Å²) in [6.45, 7) is 9.23. The minimum absolute atomic E-state index is 0.304. The fourth-order valence-corrected chi connectivity index (χ4v) is 2.05. The van der Waals surface area contributed by atoms with Gasteiger partial charge in [0, 0.05) is 12.1 Å². The summed E-state index contributed by atoms with van der Waals surface area (Å²) in [5.41, 5.74) is 2.58. The first-order valence-corrected chi connectivity index (χ1v) is 6.76. The monoisotopic (exact) mass is 258 g/mol. The third-order valence-electron chi connectivity index (χ3n) is 3.28. The van der Waals surface area contributed by atoms with Crippen molar-refractivity contribution in [3.05, 3.63) is 47.5 Å². The van der Waals surface area contributed by atoms with Crippen LogP contribution >= 0.6 is 0 Å². The zero-order valence-corrected chi connectivity index (χ0v) is 12.1. The van der Waals surface area contributed by atoms with Gasteiger partial charge >= 0.3 is 0 Å². The summed E-state index contributed by atoms with van der Waals surface area (Å²) in [4.78, 5) is 4.31. The van der Waals surface area contributed by atoms with Gasteiger partial charge in [-0.1, -0.05) is 29.8 Å². The Kier molecular flexibility index (Phi) is 4.32. The summed E-state index contributed by atoms with van der Waals surface area (Å²) >= 11 is 0. The molecule has 0 radical (unpaired) electrons. The van der Waals surface area contributed by atoms with Crippen molar-refractivity contribution in [2.45, 2.75) is 46.3 Å². The Bertz CT molecular complexity index is 513. The third-order valence-corrected chi connectivity index (χ3v) is 3.28. The van der Waals surface area contributed by atoms with Gasteiger partial charge in [0.1, 0.15) is 12.2 Å². The van der Waals surface area contributed by atoms with Gasteiger partial charge in [-0.05, 0) is 33.3 Å². The largest absolute Gasteiger partial charge is 0.303 e. The Morgan fingerprint density at radius 1 is 1.16 bits per heavy atom. The fourth-order valence-electron chi connectivity index (χ4n) is 2.05. The first-order chi connectivity index (χ1) is 9.08. The van der Waals surface area contributed by atoms with Gasteiger partial charge < -0.3 is 5.32 Å². The quantitative estimate of drug-likeness (QED) is 0.896. The second-order valence-corrected chi connectivity index (χ2v) is 5.23. The Morgan fingerprint density at radius 3 is 2.47 bits per heavy atom. The second-order valence-electron chi connectivity index (χ2n) is 5.23. The Balaban J connectivity index is 1.98. The molecule has 0 aliphatic rings. The van der Waals surface area contributed by atoms with Crippen LogP contribution in [0, 0.1) is 6.92 Å². The maximum Gasteiger partial charge on any atom is 0.141 e. The molecule has 4 heteroatoms. The molecular weight excluding hydrogens is 236 g/mol. The van der Waals surface area contributed by atoms with E-state index in [1.54, 1.807) is 6.33 Å². The normalized spacial score (nSPS) is 12.9. The molecule has 1 aromatic heterocycles. The Morgan fingerprint density at radius 2 is 1.84 bits per heavy atom. The van der Waals surface area contributed by atoms with Crippen molar-refractivity contribution >= 4 is 0 Å². The predicted octanol–water partition coefficient (Wildman–Crippen LogP) is 3.02. The number of rotatable bonds is 5. The van der Waals surface area contributed by atoms with E-state index in [0.29, 0.717) is 12.1 Å². The molecule has 102 valence electrons. The van der Waals surface area contributed by atoms with Crippen LogP contribution in [0.25, 0.3) is 0 Å². The van der Waals surface area contributed by atoms with Gasteiger partial charge in [-0.15, -0.1) is 0 Å². The van der Waals surface area contributed by atoms with Gasteiger partial charge in [0.25, 0.3) is 0 Å². The molecule has 0 amide bonds. The summed E-state index contributed by atoms with van der Waals surface area (Å²) in [6.07, 6.45) is 1.62. The van der Waals surface area contributed by atoms with E-state index in [2.05, 4.69) is 67.4 Å². The minimum atomic E-state index is 0.304. The van der Waals surface area contributed by atoms with Crippen LogP contribution in [-0.4, -0.2) is 14.8 Å².